The first-order valence-corrected chi connectivity index (χ1v) is 11.3. The number of nitrogens with zero attached hydrogens (tertiary/aromatic N) is 6. The second kappa shape index (κ2) is 8.86. The molecule has 174 valence electrons. The topological polar surface area (TPSA) is 132 Å². The third kappa shape index (κ3) is 4.12. The molecular weight excluding hydrogens is 459 g/mol. The molecule has 10 nitrogen and oxygen atoms in total. The third-order valence-electron chi connectivity index (χ3n) is 5.85. The van der Waals surface area contributed by atoms with E-state index in [0.29, 0.717) is 42.3 Å². The van der Waals surface area contributed by atoms with Crippen LogP contribution in [-0.4, -0.2) is 57.8 Å². The van der Waals surface area contributed by atoms with Crippen molar-refractivity contribution >= 4 is 34.5 Å². The van der Waals surface area contributed by atoms with Gasteiger partial charge in [-0.05, 0) is 17.7 Å². The van der Waals surface area contributed by atoms with E-state index in [1.54, 1.807) is 0 Å². The van der Waals surface area contributed by atoms with E-state index in [4.69, 9.17) is 10.5 Å². The normalized spacial score (nSPS) is 21.5. The number of hydrogen-bond donors (Lipinski definition) is 2. The number of amidine groups is 1. The second-order valence-corrected chi connectivity index (χ2v) is 9.28. The number of hydrogen-bond acceptors (Lipinski definition) is 10. The molecule has 1 saturated heterocycles. The number of nitrogens with two attached hydrogens (primary N) is 1. The van der Waals surface area contributed by atoms with Crippen molar-refractivity contribution in [3.63, 3.8) is 0 Å². The van der Waals surface area contributed by atoms with Gasteiger partial charge < -0.3 is 20.7 Å². The Kier molecular flexibility index (Phi) is 5.74. The molecule has 12 heteroatoms. The number of thioether (sulfide) groups is 1. The number of benzene rings is 1. The highest BCUT2D eigenvalue weighted by molar-refractivity contribution is 8.14. The molecule has 2 aliphatic rings. The molecular formula is C22H21FN8O2S. The van der Waals surface area contributed by atoms with E-state index in [-0.39, 0.29) is 17.5 Å². The number of amides is 1. The van der Waals surface area contributed by atoms with Gasteiger partial charge in [0.05, 0.1) is 36.6 Å². The van der Waals surface area contributed by atoms with Gasteiger partial charge in [0, 0.05) is 31.2 Å². The molecule has 34 heavy (non-hydrogen) atoms. The zero-order chi connectivity index (χ0) is 23.7. The minimum Gasteiger partial charge on any atom is -0.480 e. The number of fused-ring (bicyclic) bond motifs is 1. The molecule has 3 N–H and O–H groups in total. The van der Waals surface area contributed by atoms with Gasteiger partial charge in [-0.15, -0.1) is 0 Å². The van der Waals surface area contributed by atoms with Crippen LogP contribution in [0.2, 0.25) is 0 Å². The summed E-state index contributed by atoms with van der Waals surface area (Å²) in [6, 6.07) is 7.64. The largest absolute Gasteiger partial charge is 0.480 e. The van der Waals surface area contributed by atoms with E-state index >= 15 is 0 Å². The Bertz CT molecular complexity index is 1240. The van der Waals surface area contributed by atoms with Crippen molar-refractivity contribution in [3.05, 3.63) is 66.1 Å². The second-order valence-electron chi connectivity index (χ2n) is 7.93. The average Bonchev–Trinajstić information content (AvgIpc) is 3.24. The van der Waals surface area contributed by atoms with Crippen molar-refractivity contribution in [1.29, 1.82) is 0 Å². The van der Waals surface area contributed by atoms with Crippen LogP contribution in [-0.2, 0) is 4.75 Å². The molecule has 5 rings (SSSR count). The van der Waals surface area contributed by atoms with Crippen LogP contribution in [0.15, 0.2) is 54.0 Å². The monoisotopic (exact) mass is 480 g/mol. The number of carbonyl (C=O) groups is 1. The number of ether oxygens (including phenoxy) is 1. The number of halogens is 1. The van der Waals surface area contributed by atoms with Gasteiger partial charge in [0.15, 0.2) is 11.0 Å². The highest BCUT2D eigenvalue weighted by atomic mass is 32.2. The van der Waals surface area contributed by atoms with Crippen molar-refractivity contribution < 1.29 is 13.9 Å². The molecule has 2 aliphatic heterocycles. The number of anilines is 2. The number of aliphatic imine (C=N–C) groups is 1. The number of rotatable bonds is 5. The van der Waals surface area contributed by atoms with Crippen LogP contribution in [0.4, 0.5) is 16.0 Å². The van der Waals surface area contributed by atoms with Crippen molar-refractivity contribution in [2.45, 2.75) is 4.75 Å². The number of carbonyl (C=O) groups excluding carboxylic acids is 1. The molecule has 2 atom stereocenters. The first-order chi connectivity index (χ1) is 16.5. The fraction of sp³-hybridized carbons (Fsp3) is 0.273. The van der Waals surface area contributed by atoms with Crippen LogP contribution in [0.25, 0.3) is 0 Å². The highest BCUT2D eigenvalue weighted by Crippen LogP contribution is 2.51. The van der Waals surface area contributed by atoms with E-state index < -0.39 is 10.6 Å². The van der Waals surface area contributed by atoms with Gasteiger partial charge in [-0.2, -0.15) is 0 Å². The summed E-state index contributed by atoms with van der Waals surface area (Å²) in [5.74, 6) is 0.0374. The van der Waals surface area contributed by atoms with Crippen LogP contribution < -0.4 is 20.7 Å². The lowest BCUT2D eigenvalue weighted by Crippen LogP contribution is -2.39. The molecule has 1 fully saturated rings. The summed E-state index contributed by atoms with van der Waals surface area (Å²) < 4.78 is 17.9. The molecule has 4 heterocycles. The van der Waals surface area contributed by atoms with Crippen LogP contribution in [0.5, 0.6) is 5.88 Å². The lowest BCUT2D eigenvalue weighted by molar-refractivity contribution is 0.102. The van der Waals surface area contributed by atoms with Crippen LogP contribution >= 0.6 is 11.8 Å². The van der Waals surface area contributed by atoms with Crippen molar-refractivity contribution in [3.8, 4) is 5.88 Å². The average molecular weight is 481 g/mol. The van der Waals surface area contributed by atoms with Gasteiger partial charge in [-0.1, -0.05) is 23.9 Å². The summed E-state index contributed by atoms with van der Waals surface area (Å²) in [4.78, 5) is 35.6. The summed E-state index contributed by atoms with van der Waals surface area (Å²) in [5.41, 5.74) is 7.93. The Morgan fingerprint density at radius 1 is 1.24 bits per heavy atom. The van der Waals surface area contributed by atoms with Crippen LogP contribution in [0, 0.1) is 11.7 Å². The quantitative estimate of drug-likeness (QED) is 0.563. The fourth-order valence-electron chi connectivity index (χ4n) is 4.23. The highest BCUT2D eigenvalue weighted by Gasteiger charge is 2.51. The first kappa shape index (κ1) is 22.0. The fourth-order valence-corrected chi connectivity index (χ4v) is 5.52. The van der Waals surface area contributed by atoms with Gasteiger partial charge in [0.2, 0.25) is 11.8 Å². The standard InChI is InChI=1S/C22H21FN8O2S/c1-33-18-10-25-17(9-26-18)19(32)30-16-4-2-3-13(5-16)22-12-31(21-28-7-15(23)8-29-21)11-14(22)6-27-20(24)34-22/h2-5,7-10,14H,6,11-12H2,1H3,(H2,24,27)(H,30,32)/t14-,22+/m0/s1. The smallest absolute Gasteiger partial charge is 0.275 e. The van der Waals surface area contributed by atoms with Gasteiger partial charge in [0.25, 0.3) is 5.91 Å². The molecule has 0 spiro atoms. The molecule has 1 amide bonds. The zero-order valence-electron chi connectivity index (χ0n) is 18.2. The summed E-state index contributed by atoms with van der Waals surface area (Å²) >= 11 is 1.49. The zero-order valence-corrected chi connectivity index (χ0v) is 19.0. The Morgan fingerprint density at radius 3 is 2.79 bits per heavy atom. The van der Waals surface area contributed by atoms with E-state index in [1.165, 1.54) is 31.3 Å². The summed E-state index contributed by atoms with van der Waals surface area (Å²) in [6.07, 6.45) is 5.07. The van der Waals surface area contributed by atoms with Crippen molar-refractivity contribution in [1.82, 2.24) is 19.9 Å². The van der Waals surface area contributed by atoms with Gasteiger partial charge in [0.1, 0.15) is 5.69 Å². The molecule has 2 aromatic heterocycles. The van der Waals surface area contributed by atoms with Gasteiger partial charge >= 0.3 is 0 Å². The van der Waals surface area contributed by atoms with E-state index in [0.717, 1.165) is 18.0 Å². The maximum Gasteiger partial charge on any atom is 0.275 e. The molecule has 0 saturated carbocycles. The van der Waals surface area contributed by atoms with Gasteiger partial charge in [-0.25, -0.2) is 24.3 Å². The predicted octanol–water partition coefficient (Wildman–Crippen LogP) is 2.06. The van der Waals surface area contributed by atoms with Crippen molar-refractivity contribution in [2.75, 3.05) is 37.0 Å². The molecule has 0 unspecified atom stereocenters. The minimum atomic E-state index is -0.484. The number of nitrogens with one attached hydrogen (secondary N) is 1. The summed E-state index contributed by atoms with van der Waals surface area (Å²) in [7, 11) is 1.48. The molecule has 0 aliphatic carbocycles. The number of aromatic nitrogens is 4. The third-order valence-corrected chi connectivity index (χ3v) is 7.25. The lowest BCUT2D eigenvalue weighted by atomic mass is 9.87. The first-order valence-electron chi connectivity index (χ1n) is 10.5. The number of methoxy groups -OCH3 is 1. The maximum absolute atomic E-state index is 13.3. The summed E-state index contributed by atoms with van der Waals surface area (Å²) in [5, 5.41) is 3.38. The minimum absolute atomic E-state index is 0.122. The SMILES string of the molecule is COc1cnc(C(=O)Nc2cccc([C@]34CN(c5ncc(F)cn5)C[C@@H]3CN=C(N)S4)c2)cn1. The summed E-state index contributed by atoms with van der Waals surface area (Å²) in [6.45, 7) is 1.76. The van der Waals surface area contributed by atoms with Crippen LogP contribution in [0.3, 0.4) is 0 Å². The molecule has 0 bridgehead atoms. The van der Waals surface area contributed by atoms with Crippen LogP contribution in [0.1, 0.15) is 16.1 Å². The molecule has 1 aromatic carbocycles. The Hall–Kier alpha value is -3.80. The van der Waals surface area contributed by atoms with E-state index in [2.05, 4.69) is 30.2 Å². The van der Waals surface area contributed by atoms with E-state index in [1.807, 2.05) is 29.2 Å². The Labute approximate surface area is 198 Å². The van der Waals surface area contributed by atoms with Crippen molar-refractivity contribution in [2.24, 2.45) is 16.6 Å². The Balaban J connectivity index is 1.42. The Morgan fingerprint density at radius 2 is 2.06 bits per heavy atom. The molecule has 3 aromatic rings. The maximum atomic E-state index is 13.3. The molecule has 0 radical (unpaired) electrons. The predicted molar refractivity (Wildman–Crippen MR) is 126 cm³/mol. The van der Waals surface area contributed by atoms with E-state index in [9.17, 15) is 9.18 Å². The lowest BCUT2D eigenvalue weighted by Gasteiger charge is -2.36. The van der Waals surface area contributed by atoms with Gasteiger partial charge in [-0.3, -0.25) is 9.79 Å².